The van der Waals surface area contributed by atoms with Crippen molar-refractivity contribution in [2.75, 3.05) is 25.0 Å². The number of anilines is 2. The normalized spacial score (nSPS) is 16.3. The van der Waals surface area contributed by atoms with Crippen LogP contribution < -0.4 is 5.32 Å². The molecule has 0 bridgehead atoms. The smallest absolute Gasteiger partial charge is 0.222 e. The van der Waals surface area contributed by atoms with Crippen molar-refractivity contribution in [3.63, 3.8) is 0 Å². The Hall–Kier alpha value is -2.91. The highest BCUT2D eigenvalue weighted by Crippen LogP contribution is 2.26. The predicted molar refractivity (Wildman–Crippen MR) is 117 cm³/mol. The molecule has 1 fully saturated rings. The molecule has 1 atom stereocenters. The zero-order valence-electron chi connectivity index (χ0n) is 17.3. The molecule has 1 saturated heterocycles. The number of nitrogens with zero attached hydrogens (tertiary/aromatic N) is 4. The first-order chi connectivity index (χ1) is 15.1. The van der Waals surface area contributed by atoms with Gasteiger partial charge >= 0.3 is 0 Å². The van der Waals surface area contributed by atoms with Gasteiger partial charge < -0.3 is 15.0 Å². The number of morpholine rings is 1. The van der Waals surface area contributed by atoms with Crippen LogP contribution in [0.1, 0.15) is 35.9 Å². The monoisotopic (exact) mass is 441 g/mol. The van der Waals surface area contributed by atoms with Gasteiger partial charge in [-0.15, -0.1) is 10.2 Å². The third-order valence-corrected chi connectivity index (χ3v) is 5.71. The van der Waals surface area contributed by atoms with Gasteiger partial charge in [0.15, 0.2) is 0 Å². The van der Waals surface area contributed by atoms with Crippen molar-refractivity contribution >= 4 is 28.1 Å². The lowest BCUT2D eigenvalue weighted by molar-refractivity contribution is -0.139. The van der Waals surface area contributed by atoms with Crippen LogP contribution in [0.3, 0.4) is 0 Å². The lowest BCUT2D eigenvalue weighted by atomic mass is 10.1. The van der Waals surface area contributed by atoms with Crippen LogP contribution in [0.4, 0.5) is 15.2 Å². The Labute approximate surface area is 184 Å². The molecule has 31 heavy (non-hydrogen) atoms. The highest BCUT2D eigenvalue weighted by atomic mass is 32.1. The van der Waals surface area contributed by atoms with Gasteiger partial charge in [0, 0.05) is 24.3 Å². The standard InChI is InChI=1S/C22H24FN5O2S/c1-15-11-18(26-22-27-24-14-31-22)12-19(25-15)20-13-28(9-10-30-20)21(29)4-2-3-16-5-7-17(23)8-6-16/h5-8,11-12,14,20H,2-4,9-10,13H2,1H3,(H,25,26,27). The second kappa shape index (κ2) is 9.93. The zero-order valence-corrected chi connectivity index (χ0v) is 18.1. The van der Waals surface area contributed by atoms with E-state index in [0.29, 0.717) is 31.2 Å². The van der Waals surface area contributed by atoms with Gasteiger partial charge in [0.25, 0.3) is 0 Å². The van der Waals surface area contributed by atoms with Crippen molar-refractivity contribution in [2.24, 2.45) is 0 Å². The number of nitrogens with one attached hydrogen (secondary N) is 1. The molecule has 0 aliphatic carbocycles. The Balaban J connectivity index is 1.35. The summed E-state index contributed by atoms with van der Waals surface area (Å²) in [6.45, 7) is 3.46. The van der Waals surface area contributed by atoms with Crippen molar-refractivity contribution < 1.29 is 13.9 Å². The quantitative estimate of drug-likeness (QED) is 0.596. The minimum atomic E-state index is -0.273. The highest BCUT2D eigenvalue weighted by Gasteiger charge is 2.26. The van der Waals surface area contributed by atoms with Crippen LogP contribution in [0, 0.1) is 12.7 Å². The van der Waals surface area contributed by atoms with Crippen LogP contribution in [0.5, 0.6) is 0 Å². The molecule has 1 unspecified atom stereocenters. The Bertz CT molecular complexity index is 1010. The van der Waals surface area contributed by atoms with Crippen molar-refractivity contribution in [2.45, 2.75) is 32.3 Å². The summed E-state index contributed by atoms with van der Waals surface area (Å²) in [5.74, 6) is -0.138. The molecule has 3 heterocycles. The van der Waals surface area contributed by atoms with Gasteiger partial charge in [-0.05, 0) is 49.6 Å². The van der Waals surface area contributed by atoms with E-state index in [2.05, 4.69) is 20.5 Å². The number of amides is 1. The number of ether oxygens (including phenoxy) is 1. The van der Waals surface area contributed by atoms with Crippen molar-refractivity contribution in [3.8, 4) is 0 Å². The first-order valence-corrected chi connectivity index (χ1v) is 11.1. The van der Waals surface area contributed by atoms with Crippen LogP contribution in [-0.2, 0) is 16.0 Å². The van der Waals surface area contributed by atoms with E-state index in [1.54, 1.807) is 17.6 Å². The first kappa shape index (κ1) is 21.3. The lowest BCUT2D eigenvalue weighted by Crippen LogP contribution is -2.42. The summed E-state index contributed by atoms with van der Waals surface area (Å²) in [4.78, 5) is 19.2. The molecule has 162 valence electrons. The molecule has 1 aliphatic rings. The van der Waals surface area contributed by atoms with Gasteiger partial charge in [0.05, 0.1) is 18.8 Å². The number of halogens is 1. The predicted octanol–water partition coefficient (Wildman–Crippen LogP) is 4.05. The van der Waals surface area contributed by atoms with Crippen molar-refractivity contribution in [1.29, 1.82) is 0 Å². The molecule has 3 aromatic rings. The summed E-state index contributed by atoms with van der Waals surface area (Å²) in [7, 11) is 0. The molecule has 1 N–H and O–H groups in total. The highest BCUT2D eigenvalue weighted by molar-refractivity contribution is 7.13. The van der Waals surface area contributed by atoms with Crippen molar-refractivity contribution in [3.05, 3.63) is 64.7 Å². The van der Waals surface area contributed by atoms with E-state index in [9.17, 15) is 9.18 Å². The molecule has 0 spiro atoms. The van der Waals surface area contributed by atoms with E-state index in [0.717, 1.165) is 35.5 Å². The van der Waals surface area contributed by atoms with E-state index in [1.165, 1.54) is 23.5 Å². The van der Waals surface area contributed by atoms with Gasteiger partial charge in [0.2, 0.25) is 11.0 Å². The number of carbonyl (C=O) groups is 1. The van der Waals surface area contributed by atoms with Gasteiger partial charge in [0.1, 0.15) is 17.4 Å². The van der Waals surface area contributed by atoms with E-state index in [4.69, 9.17) is 4.74 Å². The summed E-state index contributed by atoms with van der Waals surface area (Å²) < 4.78 is 18.9. The molecular weight excluding hydrogens is 417 g/mol. The van der Waals surface area contributed by atoms with E-state index >= 15 is 0 Å². The van der Waals surface area contributed by atoms with Gasteiger partial charge in [-0.3, -0.25) is 9.78 Å². The summed E-state index contributed by atoms with van der Waals surface area (Å²) in [5.41, 5.74) is 5.21. The Morgan fingerprint density at radius 3 is 2.94 bits per heavy atom. The van der Waals surface area contributed by atoms with Crippen LogP contribution in [0.25, 0.3) is 0 Å². The third-order valence-electron chi connectivity index (χ3n) is 5.10. The SMILES string of the molecule is Cc1cc(Nc2nncs2)cc(C2CN(C(=O)CCCc3ccc(F)cc3)CCO2)n1. The minimum absolute atomic E-state index is 0.107. The Morgan fingerprint density at radius 1 is 1.32 bits per heavy atom. The number of hydrogen-bond donors (Lipinski definition) is 1. The maximum Gasteiger partial charge on any atom is 0.222 e. The number of aromatic nitrogens is 3. The van der Waals surface area contributed by atoms with Gasteiger partial charge in [-0.1, -0.05) is 23.5 Å². The first-order valence-electron chi connectivity index (χ1n) is 10.2. The second-order valence-electron chi connectivity index (χ2n) is 7.47. The van der Waals surface area contributed by atoms with Crippen LogP contribution in [0.15, 0.2) is 41.9 Å². The lowest BCUT2D eigenvalue weighted by Gasteiger charge is -2.33. The third kappa shape index (κ3) is 5.83. The molecule has 9 heteroatoms. The fraction of sp³-hybridized carbons (Fsp3) is 0.364. The molecule has 2 aromatic heterocycles. The molecule has 1 aromatic carbocycles. The van der Waals surface area contributed by atoms with Crippen molar-refractivity contribution in [1.82, 2.24) is 20.1 Å². The zero-order chi connectivity index (χ0) is 21.6. The number of benzene rings is 1. The van der Waals surface area contributed by atoms with E-state index < -0.39 is 0 Å². The topological polar surface area (TPSA) is 80.2 Å². The average molecular weight is 442 g/mol. The summed E-state index contributed by atoms with van der Waals surface area (Å²) in [5, 5.41) is 11.8. The number of rotatable bonds is 7. The minimum Gasteiger partial charge on any atom is -0.368 e. The summed E-state index contributed by atoms with van der Waals surface area (Å²) in [6, 6.07) is 10.3. The molecular formula is C22H24FN5O2S. The second-order valence-corrected chi connectivity index (χ2v) is 8.30. The van der Waals surface area contributed by atoms with Gasteiger partial charge in [-0.2, -0.15) is 0 Å². The molecule has 0 radical (unpaired) electrons. The number of aryl methyl sites for hydroxylation is 2. The molecule has 1 aliphatic heterocycles. The number of carbonyl (C=O) groups excluding carboxylic acids is 1. The van der Waals surface area contributed by atoms with E-state index in [1.807, 2.05) is 24.0 Å². The fourth-order valence-electron chi connectivity index (χ4n) is 3.59. The molecule has 1 amide bonds. The largest absolute Gasteiger partial charge is 0.368 e. The number of pyridine rings is 1. The number of hydrogen-bond acceptors (Lipinski definition) is 7. The Morgan fingerprint density at radius 2 is 2.16 bits per heavy atom. The fourth-order valence-corrected chi connectivity index (χ4v) is 4.06. The van der Waals surface area contributed by atoms with Gasteiger partial charge in [-0.25, -0.2) is 4.39 Å². The van der Waals surface area contributed by atoms with E-state index in [-0.39, 0.29) is 17.8 Å². The molecule has 7 nitrogen and oxygen atoms in total. The summed E-state index contributed by atoms with van der Waals surface area (Å²) in [6.07, 6.45) is 1.66. The van der Waals surface area contributed by atoms with Crippen LogP contribution >= 0.6 is 11.3 Å². The maximum atomic E-state index is 13.0. The average Bonchev–Trinajstić information content (AvgIpc) is 3.28. The van der Waals surface area contributed by atoms with Crippen LogP contribution in [-0.4, -0.2) is 45.7 Å². The Kier molecular flexibility index (Phi) is 6.83. The molecule has 0 saturated carbocycles. The molecule has 4 rings (SSSR count). The maximum absolute atomic E-state index is 13.0. The summed E-state index contributed by atoms with van der Waals surface area (Å²) >= 11 is 1.42. The van der Waals surface area contributed by atoms with Crippen LogP contribution in [0.2, 0.25) is 0 Å².